The Kier molecular flexibility index (Phi) is 4.44. The van der Waals surface area contributed by atoms with E-state index in [4.69, 9.17) is 34.8 Å². The monoisotopic (exact) mass is 365 g/mol. The maximum atomic E-state index is 12.6. The van der Waals surface area contributed by atoms with Gasteiger partial charge < -0.3 is 0 Å². The van der Waals surface area contributed by atoms with E-state index < -0.39 is 11.8 Å². The van der Waals surface area contributed by atoms with Crippen LogP contribution in [0.1, 0.15) is 11.1 Å². The molecule has 116 valence electrons. The van der Waals surface area contributed by atoms with E-state index in [1.54, 1.807) is 48.5 Å². The van der Waals surface area contributed by atoms with Gasteiger partial charge in [0.05, 0.1) is 12.1 Å². The van der Waals surface area contributed by atoms with Gasteiger partial charge in [-0.25, -0.2) is 0 Å². The zero-order valence-electron chi connectivity index (χ0n) is 11.7. The van der Waals surface area contributed by atoms with E-state index in [-0.39, 0.29) is 17.2 Å². The van der Waals surface area contributed by atoms with Crippen molar-refractivity contribution < 1.29 is 9.59 Å². The van der Waals surface area contributed by atoms with Crippen LogP contribution in [0.2, 0.25) is 10.0 Å². The van der Waals surface area contributed by atoms with Gasteiger partial charge in [0.15, 0.2) is 0 Å². The zero-order valence-corrected chi connectivity index (χ0v) is 14.0. The van der Waals surface area contributed by atoms with E-state index in [1.165, 1.54) is 0 Å². The third-order valence-corrected chi connectivity index (χ3v) is 4.50. The SMILES string of the molecule is O=C1C(Cl)=C(c2ccc(Cl)cc2)C(=O)N1Cc1ccccc1Cl. The molecule has 0 aromatic heterocycles. The number of hydrogen-bond acceptors (Lipinski definition) is 2. The topological polar surface area (TPSA) is 37.4 Å². The lowest BCUT2D eigenvalue weighted by molar-refractivity contribution is -0.137. The van der Waals surface area contributed by atoms with Crippen molar-refractivity contribution in [1.82, 2.24) is 4.90 Å². The summed E-state index contributed by atoms with van der Waals surface area (Å²) < 4.78 is 0. The zero-order chi connectivity index (χ0) is 16.6. The Morgan fingerprint density at radius 1 is 0.826 bits per heavy atom. The van der Waals surface area contributed by atoms with Crippen LogP contribution in [0.3, 0.4) is 0 Å². The lowest BCUT2D eigenvalue weighted by atomic mass is 10.1. The summed E-state index contributed by atoms with van der Waals surface area (Å²) in [5, 5.41) is 0.934. The second-order valence-electron chi connectivity index (χ2n) is 4.98. The van der Waals surface area contributed by atoms with Gasteiger partial charge in [0, 0.05) is 10.0 Å². The van der Waals surface area contributed by atoms with Crippen molar-refractivity contribution in [2.24, 2.45) is 0 Å². The molecule has 0 saturated heterocycles. The molecule has 0 bridgehead atoms. The Morgan fingerprint density at radius 3 is 2.13 bits per heavy atom. The van der Waals surface area contributed by atoms with Crippen molar-refractivity contribution in [3.05, 3.63) is 74.7 Å². The number of nitrogens with zero attached hydrogens (tertiary/aromatic N) is 1. The van der Waals surface area contributed by atoms with Gasteiger partial charge in [-0.2, -0.15) is 0 Å². The minimum absolute atomic E-state index is 0.0741. The van der Waals surface area contributed by atoms with Crippen LogP contribution in [0.25, 0.3) is 5.57 Å². The summed E-state index contributed by atoms with van der Waals surface area (Å²) in [5.41, 5.74) is 1.41. The highest BCUT2D eigenvalue weighted by Crippen LogP contribution is 2.33. The van der Waals surface area contributed by atoms with Crippen LogP contribution in [0.15, 0.2) is 53.6 Å². The molecule has 1 aliphatic heterocycles. The first-order chi connectivity index (χ1) is 11.0. The van der Waals surface area contributed by atoms with E-state index in [1.807, 2.05) is 0 Å². The highest BCUT2D eigenvalue weighted by molar-refractivity contribution is 6.55. The summed E-state index contributed by atoms with van der Waals surface area (Å²) in [6, 6.07) is 13.6. The van der Waals surface area contributed by atoms with E-state index in [2.05, 4.69) is 0 Å². The summed E-state index contributed by atoms with van der Waals surface area (Å²) in [4.78, 5) is 26.0. The summed E-state index contributed by atoms with van der Waals surface area (Å²) >= 11 is 18.0. The fraction of sp³-hybridized carbons (Fsp3) is 0.0588. The maximum Gasteiger partial charge on any atom is 0.273 e. The minimum atomic E-state index is -0.526. The summed E-state index contributed by atoms with van der Waals surface area (Å²) in [6.45, 7) is 0.0741. The smallest absolute Gasteiger partial charge is 0.269 e. The van der Waals surface area contributed by atoms with Gasteiger partial charge in [-0.3, -0.25) is 14.5 Å². The van der Waals surface area contributed by atoms with Gasteiger partial charge in [-0.1, -0.05) is 65.1 Å². The maximum absolute atomic E-state index is 12.6. The standard InChI is InChI=1S/C17H10Cl3NO2/c18-12-7-5-10(6-8-12)14-15(20)17(23)21(16(14)22)9-11-3-1-2-4-13(11)19/h1-8H,9H2. The number of halogens is 3. The number of carbonyl (C=O) groups excluding carboxylic acids is 2. The van der Waals surface area contributed by atoms with Crippen LogP contribution in [0.5, 0.6) is 0 Å². The fourth-order valence-electron chi connectivity index (χ4n) is 2.35. The third-order valence-electron chi connectivity index (χ3n) is 3.53. The number of rotatable bonds is 3. The molecule has 2 amide bonds. The lowest BCUT2D eigenvalue weighted by Crippen LogP contribution is -2.30. The first-order valence-electron chi connectivity index (χ1n) is 6.74. The third kappa shape index (κ3) is 3.00. The van der Waals surface area contributed by atoms with Crippen molar-refractivity contribution in [2.45, 2.75) is 6.54 Å². The molecule has 0 fully saturated rings. The average Bonchev–Trinajstić information content (AvgIpc) is 2.74. The van der Waals surface area contributed by atoms with Crippen LogP contribution in [0.4, 0.5) is 0 Å². The van der Waals surface area contributed by atoms with Gasteiger partial charge in [0.1, 0.15) is 5.03 Å². The van der Waals surface area contributed by atoms with E-state index >= 15 is 0 Å². The minimum Gasteiger partial charge on any atom is -0.269 e. The predicted molar refractivity (Wildman–Crippen MR) is 91.2 cm³/mol. The molecule has 0 spiro atoms. The number of imide groups is 1. The van der Waals surface area contributed by atoms with Crippen LogP contribution >= 0.6 is 34.8 Å². The normalized spacial score (nSPS) is 14.8. The molecule has 0 unspecified atom stereocenters. The lowest BCUT2D eigenvalue weighted by Gasteiger charge is -2.15. The number of carbonyl (C=O) groups is 2. The highest BCUT2D eigenvalue weighted by Gasteiger charge is 2.38. The summed E-state index contributed by atoms with van der Waals surface area (Å²) in [5.74, 6) is -0.969. The van der Waals surface area contributed by atoms with Gasteiger partial charge in [0.25, 0.3) is 11.8 Å². The molecule has 3 nitrogen and oxygen atoms in total. The molecular formula is C17H10Cl3NO2. The Morgan fingerprint density at radius 2 is 1.48 bits per heavy atom. The van der Waals surface area contributed by atoms with Crippen LogP contribution < -0.4 is 0 Å². The number of benzene rings is 2. The molecule has 1 aliphatic rings. The van der Waals surface area contributed by atoms with E-state index in [0.717, 1.165) is 4.90 Å². The quantitative estimate of drug-likeness (QED) is 0.749. The predicted octanol–water partition coefficient (Wildman–Crippen LogP) is 4.51. The summed E-state index contributed by atoms with van der Waals surface area (Å²) in [7, 11) is 0. The largest absolute Gasteiger partial charge is 0.273 e. The molecule has 0 radical (unpaired) electrons. The van der Waals surface area contributed by atoms with Crippen LogP contribution in [-0.4, -0.2) is 16.7 Å². The molecule has 0 aliphatic carbocycles. The van der Waals surface area contributed by atoms with Crippen molar-refractivity contribution in [3.63, 3.8) is 0 Å². The van der Waals surface area contributed by atoms with Crippen molar-refractivity contribution in [2.75, 3.05) is 0 Å². The first-order valence-corrected chi connectivity index (χ1v) is 7.87. The molecular weight excluding hydrogens is 357 g/mol. The van der Waals surface area contributed by atoms with E-state index in [9.17, 15) is 9.59 Å². The second-order valence-corrected chi connectivity index (χ2v) is 6.21. The van der Waals surface area contributed by atoms with Crippen molar-refractivity contribution in [3.8, 4) is 0 Å². The molecule has 23 heavy (non-hydrogen) atoms. The Balaban J connectivity index is 1.93. The highest BCUT2D eigenvalue weighted by atomic mass is 35.5. The van der Waals surface area contributed by atoms with Gasteiger partial charge in [-0.15, -0.1) is 0 Å². The Labute approximate surface area is 148 Å². The van der Waals surface area contributed by atoms with Gasteiger partial charge in [0.2, 0.25) is 0 Å². The summed E-state index contributed by atoms with van der Waals surface area (Å²) in [6.07, 6.45) is 0. The van der Waals surface area contributed by atoms with E-state index in [0.29, 0.717) is 21.2 Å². The number of amides is 2. The first kappa shape index (κ1) is 16.1. The molecule has 3 rings (SSSR count). The Bertz CT molecular complexity index is 828. The molecule has 0 atom stereocenters. The second kappa shape index (κ2) is 6.36. The van der Waals surface area contributed by atoms with Crippen molar-refractivity contribution in [1.29, 1.82) is 0 Å². The van der Waals surface area contributed by atoms with Gasteiger partial charge >= 0.3 is 0 Å². The molecule has 2 aromatic carbocycles. The molecule has 0 N–H and O–H groups in total. The number of hydrogen-bond donors (Lipinski definition) is 0. The fourth-order valence-corrected chi connectivity index (χ4v) is 2.97. The van der Waals surface area contributed by atoms with Crippen molar-refractivity contribution >= 4 is 52.2 Å². The molecule has 1 heterocycles. The molecule has 2 aromatic rings. The Hall–Kier alpha value is -1.81. The van der Waals surface area contributed by atoms with Crippen LogP contribution in [-0.2, 0) is 16.1 Å². The molecule has 6 heteroatoms. The average molecular weight is 367 g/mol. The molecule has 0 saturated carbocycles. The van der Waals surface area contributed by atoms with Crippen LogP contribution in [0, 0.1) is 0 Å². The van der Waals surface area contributed by atoms with Gasteiger partial charge in [-0.05, 0) is 29.3 Å².